The molecule has 0 heterocycles. The fourth-order valence-electron chi connectivity index (χ4n) is 2.76. The van der Waals surface area contributed by atoms with Gasteiger partial charge in [-0.25, -0.2) is 0 Å². The van der Waals surface area contributed by atoms with Crippen LogP contribution in [-0.4, -0.2) is 64.8 Å². The van der Waals surface area contributed by atoms with Gasteiger partial charge in [-0.15, -0.1) is 0 Å². The Hall–Kier alpha value is -3.19. The van der Waals surface area contributed by atoms with Gasteiger partial charge in [-0.2, -0.15) is 5.82 Å². The number of nitrogens with zero attached hydrogens (tertiary/aromatic N) is 3. The summed E-state index contributed by atoms with van der Waals surface area (Å²) < 4.78 is 16.4. The van der Waals surface area contributed by atoms with Crippen molar-refractivity contribution in [3.63, 3.8) is 0 Å². The Labute approximate surface area is 214 Å². The maximum Gasteiger partial charge on any atom is 0.251 e. The molecule has 2 N–H and O–H groups in total. The van der Waals surface area contributed by atoms with Crippen LogP contribution in [0.2, 0.25) is 5.82 Å². The van der Waals surface area contributed by atoms with E-state index in [0.29, 0.717) is 29.6 Å². The SMILES string of the molecule is CC(C)[B]C#CCNC(=O)COCCOC(COc1cccc(C(=O)NCCCC(C)C)c1)N=[N+]=[N-]. The number of hydrogen-bond acceptors (Lipinski definition) is 6. The Bertz CT molecular complexity index is 910. The molecule has 11 heteroatoms. The Morgan fingerprint density at radius 2 is 2.00 bits per heavy atom. The molecule has 1 aromatic rings. The zero-order valence-electron chi connectivity index (χ0n) is 21.7. The van der Waals surface area contributed by atoms with E-state index in [9.17, 15) is 9.59 Å². The van der Waals surface area contributed by atoms with Crippen molar-refractivity contribution in [3.05, 3.63) is 40.3 Å². The van der Waals surface area contributed by atoms with Crippen LogP contribution in [0.3, 0.4) is 0 Å². The van der Waals surface area contributed by atoms with Crippen molar-refractivity contribution in [1.82, 2.24) is 10.6 Å². The molecule has 0 saturated heterocycles. The van der Waals surface area contributed by atoms with Crippen LogP contribution in [0.1, 0.15) is 50.9 Å². The van der Waals surface area contributed by atoms with Crippen molar-refractivity contribution < 1.29 is 23.8 Å². The van der Waals surface area contributed by atoms with E-state index in [0.717, 1.165) is 12.8 Å². The number of nitrogens with one attached hydrogen (secondary N) is 2. The Morgan fingerprint density at radius 1 is 1.19 bits per heavy atom. The van der Waals surface area contributed by atoms with Crippen molar-refractivity contribution >= 4 is 19.1 Å². The van der Waals surface area contributed by atoms with E-state index in [4.69, 9.17) is 19.7 Å². The standard InChI is InChI=1S/C25H37BN5O5/c1-19(2)8-6-12-29-25(33)21-9-5-10-22(16-21)36-18-24(30-31-27)35-15-14-34-17-23(32)28-13-7-11-26-20(3)4/h5,9-10,16,19-20,24H,6,8,12-15,17-18H2,1-4H3,(H,28,32)(H,29,33). The van der Waals surface area contributed by atoms with Crippen LogP contribution in [0.15, 0.2) is 29.4 Å². The van der Waals surface area contributed by atoms with Gasteiger partial charge in [0.2, 0.25) is 13.2 Å². The highest BCUT2D eigenvalue weighted by atomic mass is 16.6. The molecule has 0 bridgehead atoms. The number of ether oxygens (including phenoxy) is 3. The molecule has 1 rings (SSSR count). The molecule has 195 valence electrons. The normalized spacial score (nSPS) is 11.2. The van der Waals surface area contributed by atoms with Crippen LogP contribution < -0.4 is 15.4 Å². The zero-order chi connectivity index (χ0) is 26.6. The van der Waals surface area contributed by atoms with Crippen molar-refractivity contribution in [2.24, 2.45) is 11.0 Å². The highest BCUT2D eigenvalue weighted by molar-refractivity contribution is 6.47. The third-order valence-electron chi connectivity index (χ3n) is 4.58. The minimum atomic E-state index is -0.895. The summed E-state index contributed by atoms with van der Waals surface area (Å²) in [4.78, 5) is 26.8. The molecular formula is C25H37BN5O5. The van der Waals surface area contributed by atoms with Crippen LogP contribution in [-0.2, 0) is 14.3 Å². The quantitative estimate of drug-likeness (QED) is 0.0847. The molecular weight excluding hydrogens is 461 g/mol. The maximum atomic E-state index is 12.3. The monoisotopic (exact) mass is 498 g/mol. The second-order valence-corrected chi connectivity index (χ2v) is 8.72. The van der Waals surface area contributed by atoms with Gasteiger partial charge in [0.05, 0.1) is 19.8 Å². The molecule has 0 aliphatic carbocycles. The molecule has 0 saturated carbocycles. The highest BCUT2D eigenvalue weighted by Crippen LogP contribution is 2.14. The number of rotatable bonds is 17. The molecule has 1 radical (unpaired) electrons. The molecule has 1 atom stereocenters. The van der Waals surface area contributed by atoms with Gasteiger partial charge in [0.15, 0.2) is 6.23 Å². The van der Waals surface area contributed by atoms with Crippen LogP contribution in [0.25, 0.3) is 10.4 Å². The number of benzene rings is 1. The predicted molar refractivity (Wildman–Crippen MR) is 140 cm³/mol. The van der Waals surface area contributed by atoms with Crippen LogP contribution in [0.4, 0.5) is 0 Å². The van der Waals surface area contributed by atoms with Crippen molar-refractivity contribution in [2.75, 3.05) is 39.5 Å². The third-order valence-corrected chi connectivity index (χ3v) is 4.58. The van der Waals surface area contributed by atoms with Crippen molar-refractivity contribution in [2.45, 2.75) is 52.6 Å². The summed E-state index contributed by atoms with van der Waals surface area (Å²) in [5.74, 6) is 6.66. The van der Waals surface area contributed by atoms with Gasteiger partial charge in [0, 0.05) is 17.0 Å². The molecule has 0 spiro atoms. The number of amides is 2. The summed E-state index contributed by atoms with van der Waals surface area (Å²) in [5, 5.41) is 9.10. The summed E-state index contributed by atoms with van der Waals surface area (Å²) in [7, 11) is 1.85. The van der Waals surface area contributed by atoms with E-state index in [1.54, 1.807) is 24.3 Å². The summed E-state index contributed by atoms with van der Waals surface area (Å²) in [5.41, 5.74) is 9.27. The summed E-state index contributed by atoms with van der Waals surface area (Å²) in [6.07, 6.45) is 1.08. The van der Waals surface area contributed by atoms with E-state index in [2.05, 4.69) is 46.2 Å². The molecule has 1 aromatic carbocycles. The lowest BCUT2D eigenvalue weighted by molar-refractivity contribution is -0.126. The topological polar surface area (TPSA) is 135 Å². The van der Waals surface area contributed by atoms with E-state index in [-0.39, 0.29) is 44.8 Å². The Balaban J connectivity index is 2.33. The molecule has 10 nitrogen and oxygen atoms in total. The first-order chi connectivity index (χ1) is 17.3. The van der Waals surface area contributed by atoms with E-state index in [1.807, 2.05) is 21.1 Å². The zero-order valence-corrected chi connectivity index (χ0v) is 21.7. The molecule has 0 aliphatic heterocycles. The largest absolute Gasteiger partial charge is 0.491 e. The van der Waals surface area contributed by atoms with Gasteiger partial charge in [0.25, 0.3) is 5.91 Å². The van der Waals surface area contributed by atoms with Crippen molar-refractivity contribution in [3.8, 4) is 17.5 Å². The fourth-order valence-corrected chi connectivity index (χ4v) is 2.76. The van der Waals surface area contributed by atoms with E-state index >= 15 is 0 Å². The number of carbonyl (C=O) groups is 2. The summed E-state index contributed by atoms with van der Waals surface area (Å²) >= 11 is 0. The number of hydrogen-bond donors (Lipinski definition) is 2. The van der Waals surface area contributed by atoms with Gasteiger partial charge in [0.1, 0.15) is 19.0 Å². The van der Waals surface area contributed by atoms with Crippen LogP contribution >= 0.6 is 0 Å². The van der Waals surface area contributed by atoms with Crippen LogP contribution in [0.5, 0.6) is 5.75 Å². The van der Waals surface area contributed by atoms with E-state index in [1.165, 1.54) is 0 Å². The van der Waals surface area contributed by atoms with Crippen LogP contribution in [0, 0.1) is 17.7 Å². The number of carbonyl (C=O) groups excluding carboxylic acids is 2. The van der Waals surface area contributed by atoms with Gasteiger partial charge in [-0.05, 0) is 42.5 Å². The molecule has 36 heavy (non-hydrogen) atoms. The number of azide groups is 1. The summed E-state index contributed by atoms with van der Waals surface area (Å²) in [6.45, 7) is 9.26. The Kier molecular flexibility index (Phi) is 16.3. The highest BCUT2D eigenvalue weighted by Gasteiger charge is 2.11. The smallest absolute Gasteiger partial charge is 0.251 e. The van der Waals surface area contributed by atoms with Crippen molar-refractivity contribution in [1.29, 1.82) is 0 Å². The molecule has 0 aromatic heterocycles. The van der Waals surface area contributed by atoms with Gasteiger partial charge in [-0.1, -0.05) is 50.6 Å². The first-order valence-corrected chi connectivity index (χ1v) is 12.1. The second-order valence-electron chi connectivity index (χ2n) is 8.72. The minimum Gasteiger partial charge on any atom is -0.491 e. The molecule has 2 amide bonds. The molecule has 0 aliphatic rings. The minimum absolute atomic E-state index is 0.0456. The fraction of sp³-hybridized carbons (Fsp3) is 0.600. The lowest BCUT2D eigenvalue weighted by Gasteiger charge is -2.14. The first kappa shape index (κ1) is 30.8. The Morgan fingerprint density at radius 3 is 2.72 bits per heavy atom. The van der Waals surface area contributed by atoms with E-state index < -0.39 is 6.23 Å². The second kappa shape index (κ2) is 19.1. The predicted octanol–water partition coefficient (Wildman–Crippen LogP) is 3.51. The average Bonchev–Trinajstić information content (AvgIpc) is 2.84. The average molecular weight is 498 g/mol. The first-order valence-electron chi connectivity index (χ1n) is 12.1. The lowest BCUT2D eigenvalue weighted by Crippen LogP contribution is -2.29. The van der Waals surface area contributed by atoms with Gasteiger partial charge < -0.3 is 24.8 Å². The lowest BCUT2D eigenvalue weighted by atomic mass is 9.67. The molecule has 1 unspecified atom stereocenters. The summed E-state index contributed by atoms with van der Waals surface area (Å²) in [6, 6.07) is 6.75. The third kappa shape index (κ3) is 15.7. The van der Waals surface area contributed by atoms with Gasteiger partial charge in [-0.3, -0.25) is 9.59 Å². The molecule has 0 fully saturated rings. The van der Waals surface area contributed by atoms with Gasteiger partial charge >= 0.3 is 0 Å². The maximum absolute atomic E-state index is 12.3.